The Labute approximate surface area is 261 Å². The maximum absolute atomic E-state index is 14.1. The number of nitrogens with zero attached hydrogens (tertiary/aromatic N) is 3. The molecule has 3 atom stereocenters. The van der Waals surface area contributed by atoms with Gasteiger partial charge in [-0.05, 0) is 78.3 Å². The van der Waals surface area contributed by atoms with Crippen LogP contribution in [0.15, 0.2) is 120 Å². The third-order valence-electron chi connectivity index (χ3n) is 8.62. The molecule has 0 aliphatic heterocycles. The molecule has 0 spiro atoms. The quantitative estimate of drug-likeness (QED) is 0.201. The number of carbonyl (C=O) groups is 1. The van der Waals surface area contributed by atoms with E-state index in [1.54, 1.807) is 17.3 Å². The van der Waals surface area contributed by atoms with Gasteiger partial charge in [-0.3, -0.25) is 4.79 Å². The van der Waals surface area contributed by atoms with Crippen molar-refractivity contribution in [1.29, 1.82) is 0 Å². The molecule has 0 bridgehead atoms. The zero-order valence-electron chi connectivity index (χ0n) is 24.4. The number of halogens is 1. The van der Waals surface area contributed by atoms with Gasteiger partial charge in [0.25, 0.3) is 0 Å². The number of hydrogen-bond acceptors (Lipinski definition) is 5. The number of anilines is 1. The van der Waals surface area contributed by atoms with Gasteiger partial charge in [0.1, 0.15) is 5.82 Å². The molecule has 2 aliphatic carbocycles. The monoisotopic (exact) mass is 618 g/mol. The van der Waals surface area contributed by atoms with Crippen molar-refractivity contribution in [3.05, 3.63) is 144 Å². The van der Waals surface area contributed by atoms with E-state index in [4.69, 9.17) is 0 Å². The summed E-state index contributed by atoms with van der Waals surface area (Å²) in [6.45, 7) is 0.274. The lowest BCUT2D eigenvalue weighted by Crippen LogP contribution is -2.32. The molecule has 1 N–H and O–H groups in total. The largest absolute Gasteiger partial charge is 0.308 e. The minimum Gasteiger partial charge on any atom is -0.308 e. The lowest BCUT2D eigenvalue weighted by atomic mass is 10.1. The summed E-state index contributed by atoms with van der Waals surface area (Å²) >= 11 is 0. The van der Waals surface area contributed by atoms with E-state index in [9.17, 15) is 17.6 Å². The average Bonchev–Trinajstić information content (AvgIpc) is 3.79. The molecule has 45 heavy (non-hydrogen) atoms. The molecule has 0 radical (unpaired) electrons. The number of aromatic nitrogens is 2. The smallest absolute Gasteiger partial charge is 0.241 e. The maximum Gasteiger partial charge on any atom is 0.241 e. The molecule has 0 saturated heterocycles. The summed E-state index contributed by atoms with van der Waals surface area (Å²) in [4.78, 5) is 25.1. The predicted molar refractivity (Wildman–Crippen MR) is 170 cm³/mol. The summed E-state index contributed by atoms with van der Waals surface area (Å²) in [6.07, 6.45) is 5.57. The Hall–Kier alpha value is -4.73. The Morgan fingerprint density at radius 3 is 2.29 bits per heavy atom. The molecule has 5 aromatic rings. The van der Waals surface area contributed by atoms with E-state index in [-0.39, 0.29) is 29.2 Å². The van der Waals surface area contributed by atoms with E-state index in [0.717, 1.165) is 46.4 Å². The highest BCUT2D eigenvalue weighted by atomic mass is 32.2. The number of carbonyl (C=O) groups excluding carboxylic acids is 1. The van der Waals surface area contributed by atoms with Crippen molar-refractivity contribution in [3.8, 4) is 11.4 Å². The molecule has 226 valence electrons. The number of aryl methyl sites for hydroxylation is 1. The Bertz CT molecular complexity index is 1940. The third kappa shape index (κ3) is 6.14. The summed E-state index contributed by atoms with van der Waals surface area (Å²) in [7, 11) is -3.88. The fourth-order valence-electron chi connectivity index (χ4n) is 6.14. The summed E-state index contributed by atoms with van der Waals surface area (Å²) in [5, 5.41) is 0. The normalized spacial score (nSPS) is 18.7. The minimum atomic E-state index is -3.88. The topological polar surface area (TPSA) is 92.3 Å². The highest BCUT2D eigenvalue weighted by Crippen LogP contribution is 2.49. The van der Waals surface area contributed by atoms with Crippen LogP contribution in [0.2, 0.25) is 0 Å². The SMILES string of the molecule is O=C(C1CC1c1ccccc1)N(Cc1cnc(-c2ccccc2)nc1)c1ccc2c(c1)C(NS(=O)(=O)c1ccc(F)cc1)CC2. The summed E-state index contributed by atoms with van der Waals surface area (Å²) in [6, 6.07) is 30.0. The van der Waals surface area contributed by atoms with Gasteiger partial charge in [-0.2, -0.15) is 0 Å². The molecule has 1 fully saturated rings. The van der Waals surface area contributed by atoms with Gasteiger partial charge in [0.15, 0.2) is 5.82 Å². The first-order valence-corrected chi connectivity index (χ1v) is 16.5. The van der Waals surface area contributed by atoms with Crippen molar-refractivity contribution >= 4 is 21.6 Å². The third-order valence-corrected chi connectivity index (χ3v) is 10.1. The maximum atomic E-state index is 14.1. The van der Waals surface area contributed by atoms with Crippen LogP contribution in [0.1, 0.15) is 47.1 Å². The van der Waals surface area contributed by atoms with Crippen molar-refractivity contribution in [2.24, 2.45) is 5.92 Å². The highest BCUT2D eigenvalue weighted by Gasteiger charge is 2.46. The van der Waals surface area contributed by atoms with Crippen LogP contribution in [0.3, 0.4) is 0 Å². The van der Waals surface area contributed by atoms with Crippen LogP contribution >= 0.6 is 0 Å². The molecule has 1 amide bonds. The molecular weight excluding hydrogens is 587 g/mol. The van der Waals surface area contributed by atoms with Gasteiger partial charge >= 0.3 is 0 Å². The van der Waals surface area contributed by atoms with Crippen molar-refractivity contribution in [2.75, 3.05) is 4.90 Å². The number of rotatable bonds is 9. The first kappa shape index (κ1) is 29.0. The van der Waals surface area contributed by atoms with Crippen LogP contribution in [0.4, 0.5) is 10.1 Å². The number of sulfonamides is 1. The van der Waals surface area contributed by atoms with Crippen molar-refractivity contribution in [3.63, 3.8) is 0 Å². The van der Waals surface area contributed by atoms with E-state index in [0.29, 0.717) is 24.4 Å². The molecule has 7 nitrogen and oxygen atoms in total. The van der Waals surface area contributed by atoms with Crippen molar-refractivity contribution < 1.29 is 17.6 Å². The van der Waals surface area contributed by atoms with Gasteiger partial charge < -0.3 is 4.90 Å². The average molecular weight is 619 g/mol. The highest BCUT2D eigenvalue weighted by molar-refractivity contribution is 7.89. The second-order valence-corrected chi connectivity index (χ2v) is 13.3. The number of benzene rings is 4. The molecule has 4 aromatic carbocycles. The van der Waals surface area contributed by atoms with E-state index < -0.39 is 21.9 Å². The minimum absolute atomic E-state index is 0.00458. The van der Waals surface area contributed by atoms with Crippen LogP contribution < -0.4 is 9.62 Å². The molecule has 1 saturated carbocycles. The molecular formula is C36H31FN4O3S. The number of amides is 1. The molecule has 9 heteroatoms. The molecule has 1 aromatic heterocycles. The second-order valence-electron chi connectivity index (χ2n) is 11.6. The predicted octanol–water partition coefficient (Wildman–Crippen LogP) is 6.59. The van der Waals surface area contributed by atoms with E-state index in [1.807, 2.05) is 66.7 Å². The van der Waals surface area contributed by atoms with Crippen LogP contribution in [0.25, 0.3) is 11.4 Å². The molecule has 1 heterocycles. The van der Waals surface area contributed by atoms with Gasteiger partial charge in [-0.1, -0.05) is 66.7 Å². The zero-order valence-corrected chi connectivity index (χ0v) is 25.2. The van der Waals surface area contributed by atoms with Crippen LogP contribution in [-0.4, -0.2) is 24.3 Å². The van der Waals surface area contributed by atoms with Crippen molar-refractivity contribution in [2.45, 2.75) is 42.7 Å². The lowest BCUT2D eigenvalue weighted by molar-refractivity contribution is -0.120. The van der Waals surface area contributed by atoms with E-state index in [2.05, 4.69) is 26.8 Å². The molecule has 7 rings (SSSR count). The number of nitrogens with one attached hydrogen (secondary N) is 1. The number of fused-ring (bicyclic) bond motifs is 1. The summed E-state index contributed by atoms with van der Waals surface area (Å²) < 4.78 is 42.6. The Balaban J connectivity index is 1.18. The Morgan fingerprint density at radius 1 is 0.889 bits per heavy atom. The van der Waals surface area contributed by atoms with Gasteiger partial charge in [-0.15, -0.1) is 0 Å². The fraction of sp³-hybridized carbons (Fsp3) is 0.194. The Morgan fingerprint density at radius 2 is 1.58 bits per heavy atom. The first-order valence-electron chi connectivity index (χ1n) is 15.0. The van der Waals surface area contributed by atoms with Crippen molar-refractivity contribution in [1.82, 2.24) is 14.7 Å². The summed E-state index contributed by atoms with van der Waals surface area (Å²) in [5.74, 6) is 0.120. The number of hydrogen-bond donors (Lipinski definition) is 1. The van der Waals surface area contributed by atoms with Gasteiger partial charge in [0, 0.05) is 41.2 Å². The second kappa shape index (κ2) is 12.0. The van der Waals surface area contributed by atoms with Gasteiger partial charge in [0.2, 0.25) is 15.9 Å². The fourth-order valence-corrected chi connectivity index (χ4v) is 7.39. The van der Waals surface area contributed by atoms with Gasteiger partial charge in [0.05, 0.1) is 11.4 Å². The standard InChI is InChI=1S/C36H31FN4O3S/c37-28-13-16-30(17-14-28)45(43,44)40-34-18-12-26-11-15-29(19-32(26)34)41(36(42)33-20-31(33)25-7-3-1-4-8-25)23-24-21-38-35(39-22-24)27-9-5-2-6-10-27/h1-11,13-17,19,21-22,31,33-34,40H,12,18,20,23H2. The first-order chi connectivity index (χ1) is 21.9. The molecule has 2 aliphatic rings. The van der Waals surface area contributed by atoms with Crippen LogP contribution in [-0.2, 0) is 27.8 Å². The van der Waals surface area contributed by atoms with E-state index >= 15 is 0 Å². The molecule has 3 unspecified atom stereocenters. The Kier molecular flexibility index (Phi) is 7.73. The zero-order chi connectivity index (χ0) is 31.0. The lowest BCUT2D eigenvalue weighted by Gasteiger charge is -2.25. The van der Waals surface area contributed by atoms with E-state index in [1.165, 1.54) is 12.1 Å². The van der Waals surface area contributed by atoms with Gasteiger partial charge in [-0.25, -0.2) is 27.5 Å². The summed E-state index contributed by atoms with van der Waals surface area (Å²) in [5.41, 5.74) is 5.40. The van der Waals surface area contributed by atoms with Crippen LogP contribution in [0, 0.1) is 11.7 Å². The van der Waals surface area contributed by atoms with Crippen LogP contribution in [0.5, 0.6) is 0 Å².